The maximum absolute atomic E-state index is 11.6. The van der Waals surface area contributed by atoms with Crippen molar-refractivity contribution < 1.29 is 9.53 Å². The van der Waals surface area contributed by atoms with Crippen LogP contribution in [0.3, 0.4) is 0 Å². The first-order valence-electron chi connectivity index (χ1n) is 5.73. The Kier molecular flexibility index (Phi) is 3.58. The number of nitrogens with zero attached hydrogens (tertiary/aromatic N) is 2. The van der Waals surface area contributed by atoms with E-state index in [4.69, 9.17) is 10.5 Å². The first-order chi connectivity index (χ1) is 8.26. The molecule has 2 heterocycles. The summed E-state index contributed by atoms with van der Waals surface area (Å²) in [6, 6.07) is 1.85. The highest BCUT2D eigenvalue weighted by Crippen LogP contribution is 2.26. The number of pyridine rings is 1. The van der Waals surface area contributed by atoms with Crippen molar-refractivity contribution in [1.82, 2.24) is 4.98 Å². The Morgan fingerprint density at radius 2 is 2.53 bits per heavy atom. The van der Waals surface area contributed by atoms with Crippen molar-refractivity contribution in [1.29, 1.82) is 0 Å². The lowest BCUT2D eigenvalue weighted by molar-refractivity contribution is 0.0601. The molecule has 1 aliphatic heterocycles. The van der Waals surface area contributed by atoms with E-state index in [1.54, 1.807) is 12.4 Å². The molecule has 0 bridgehead atoms. The van der Waals surface area contributed by atoms with Crippen LogP contribution in [0, 0.1) is 5.92 Å². The number of hydrogen-bond acceptors (Lipinski definition) is 5. The molecule has 1 fully saturated rings. The third-order valence-corrected chi connectivity index (χ3v) is 3.16. The van der Waals surface area contributed by atoms with Gasteiger partial charge in [0.25, 0.3) is 0 Å². The van der Waals surface area contributed by atoms with E-state index in [1.165, 1.54) is 7.11 Å². The number of hydrogen-bond donors (Lipinski definition) is 1. The summed E-state index contributed by atoms with van der Waals surface area (Å²) in [5.74, 6) is 0.165. The molecule has 1 saturated heterocycles. The number of esters is 1. The average molecular weight is 235 g/mol. The zero-order valence-corrected chi connectivity index (χ0v) is 9.93. The van der Waals surface area contributed by atoms with Crippen molar-refractivity contribution in [2.45, 2.75) is 6.42 Å². The first kappa shape index (κ1) is 11.9. The fourth-order valence-corrected chi connectivity index (χ4v) is 2.17. The summed E-state index contributed by atoms with van der Waals surface area (Å²) in [4.78, 5) is 17.8. The summed E-state index contributed by atoms with van der Waals surface area (Å²) in [5, 5.41) is 0. The Bertz CT molecular complexity index is 408. The molecule has 0 saturated carbocycles. The first-order valence-corrected chi connectivity index (χ1v) is 5.73. The number of rotatable bonds is 3. The summed E-state index contributed by atoms with van der Waals surface area (Å²) in [7, 11) is 1.38. The molecule has 0 aliphatic carbocycles. The molecule has 92 valence electrons. The van der Waals surface area contributed by atoms with E-state index < -0.39 is 0 Å². The smallest absolute Gasteiger partial charge is 0.341 e. The quantitative estimate of drug-likeness (QED) is 0.779. The molecule has 0 amide bonds. The Morgan fingerprint density at radius 3 is 3.18 bits per heavy atom. The Morgan fingerprint density at radius 1 is 1.71 bits per heavy atom. The monoisotopic (exact) mass is 235 g/mol. The second-order valence-corrected chi connectivity index (χ2v) is 4.22. The van der Waals surface area contributed by atoms with Crippen LogP contribution >= 0.6 is 0 Å². The molecule has 1 unspecified atom stereocenters. The minimum absolute atomic E-state index is 0.343. The summed E-state index contributed by atoms with van der Waals surface area (Å²) < 4.78 is 4.76. The molecular formula is C12H17N3O2. The number of anilines is 1. The van der Waals surface area contributed by atoms with Gasteiger partial charge in [0, 0.05) is 25.5 Å². The van der Waals surface area contributed by atoms with Crippen molar-refractivity contribution in [2.75, 3.05) is 31.6 Å². The standard InChI is InChI=1S/C12H17N3O2/c1-17-12(16)10-7-14-4-2-11(10)15-5-3-9(6-13)8-15/h2,4,7,9H,3,5-6,8,13H2,1H3. The van der Waals surface area contributed by atoms with E-state index in [9.17, 15) is 4.79 Å². The van der Waals surface area contributed by atoms with Crippen molar-refractivity contribution in [3.63, 3.8) is 0 Å². The normalized spacial score (nSPS) is 19.4. The van der Waals surface area contributed by atoms with Gasteiger partial charge in [0.15, 0.2) is 0 Å². The molecule has 2 rings (SSSR count). The molecule has 5 heteroatoms. The third kappa shape index (κ3) is 2.39. The number of carbonyl (C=O) groups excluding carboxylic acids is 1. The highest BCUT2D eigenvalue weighted by Gasteiger charge is 2.25. The highest BCUT2D eigenvalue weighted by molar-refractivity contribution is 5.95. The molecule has 1 atom stereocenters. The number of carbonyl (C=O) groups is 1. The van der Waals surface area contributed by atoms with Gasteiger partial charge < -0.3 is 15.4 Å². The van der Waals surface area contributed by atoms with Crippen molar-refractivity contribution >= 4 is 11.7 Å². The predicted molar refractivity (Wildman–Crippen MR) is 65.0 cm³/mol. The molecule has 1 aromatic heterocycles. The predicted octanol–water partition coefficient (Wildman–Crippen LogP) is 0.653. The zero-order valence-electron chi connectivity index (χ0n) is 9.93. The van der Waals surface area contributed by atoms with Crippen LogP contribution in [0.5, 0.6) is 0 Å². The van der Waals surface area contributed by atoms with E-state index in [2.05, 4.69) is 9.88 Å². The Labute approximate surface area is 101 Å². The largest absolute Gasteiger partial charge is 0.465 e. The average Bonchev–Trinajstić information content (AvgIpc) is 2.86. The zero-order chi connectivity index (χ0) is 12.3. The number of ether oxygens (including phenoxy) is 1. The molecule has 1 aromatic rings. The van der Waals surface area contributed by atoms with Crippen molar-refractivity contribution in [2.24, 2.45) is 11.7 Å². The Hall–Kier alpha value is -1.62. The highest BCUT2D eigenvalue weighted by atomic mass is 16.5. The lowest BCUT2D eigenvalue weighted by Gasteiger charge is -2.20. The van der Waals surface area contributed by atoms with Crippen LogP contribution < -0.4 is 10.6 Å². The van der Waals surface area contributed by atoms with Gasteiger partial charge in [-0.2, -0.15) is 0 Å². The van der Waals surface area contributed by atoms with E-state index in [0.717, 1.165) is 25.2 Å². The topological polar surface area (TPSA) is 68.5 Å². The molecule has 1 aliphatic rings. The van der Waals surface area contributed by atoms with Crippen LogP contribution in [0.15, 0.2) is 18.5 Å². The number of methoxy groups -OCH3 is 1. The van der Waals surface area contributed by atoms with Gasteiger partial charge in [-0.1, -0.05) is 0 Å². The van der Waals surface area contributed by atoms with Crippen LogP contribution in [-0.2, 0) is 4.74 Å². The molecule has 0 spiro atoms. The van der Waals surface area contributed by atoms with Gasteiger partial charge in [-0.25, -0.2) is 4.79 Å². The third-order valence-electron chi connectivity index (χ3n) is 3.16. The van der Waals surface area contributed by atoms with E-state index >= 15 is 0 Å². The summed E-state index contributed by atoms with van der Waals surface area (Å²) >= 11 is 0. The van der Waals surface area contributed by atoms with Crippen molar-refractivity contribution in [3.05, 3.63) is 24.0 Å². The number of aromatic nitrogens is 1. The van der Waals surface area contributed by atoms with Crippen LogP contribution in [0.2, 0.25) is 0 Å². The fourth-order valence-electron chi connectivity index (χ4n) is 2.17. The second kappa shape index (κ2) is 5.14. The van der Waals surface area contributed by atoms with Gasteiger partial charge in [-0.15, -0.1) is 0 Å². The van der Waals surface area contributed by atoms with Crippen molar-refractivity contribution in [3.8, 4) is 0 Å². The lowest BCUT2D eigenvalue weighted by atomic mass is 10.1. The maximum Gasteiger partial charge on any atom is 0.341 e. The van der Waals surface area contributed by atoms with Crippen LogP contribution in [0.1, 0.15) is 16.8 Å². The SMILES string of the molecule is COC(=O)c1cnccc1N1CCC(CN)C1. The summed E-state index contributed by atoms with van der Waals surface area (Å²) in [6.07, 6.45) is 4.31. The van der Waals surface area contributed by atoms with Gasteiger partial charge in [-0.05, 0) is 24.9 Å². The van der Waals surface area contributed by atoms with Gasteiger partial charge in [0.1, 0.15) is 5.56 Å². The molecular weight excluding hydrogens is 218 g/mol. The number of nitrogens with two attached hydrogens (primary N) is 1. The fraction of sp³-hybridized carbons (Fsp3) is 0.500. The van der Waals surface area contributed by atoms with Crippen LogP contribution in [-0.4, -0.2) is 37.7 Å². The van der Waals surface area contributed by atoms with Crippen LogP contribution in [0.4, 0.5) is 5.69 Å². The van der Waals surface area contributed by atoms with E-state index in [-0.39, 0.29) is 5.97 Å². The molecule has 17 heavy (non-hydrogen) atoms. The molecule has 0 aromatic carbocycles. The van der Waals surface area contributed by atoms with Crippen LogP contribution in [0.25, 0.3) is 0 Å². The molecule has 2 N–H and O–H groups in total. The molecule has 0 radical (unpaired) electrons. The van der Waals surface area contributed by atoms with E-state index in [0.29, 0.717) is 18.0 Å². The summed E-state index contributed by atoms with van der Waals surface area (Å²) in [6.45, 7) is 2.51. The Balaban J connectivity index is 2.23. The second-order valence-electron chi connectivity index (χ2n) is 4.22. The maximum atomic E-state index is 11.6. The van der Waals surface area contributed by atoms with Gasteiger partial charge >= 0.3 is 5.97 Å². The van der Waals surface area contributed by atoms with Gasteiger partial charge in [0.2, 0.25) is 0 Å². The van der Waals surface area contributed by atoms with E-state index in [1.807, 2.05) is 6.07 Å². The minimum atomic E-state index is -0.343. The lowest BCUT2D eigenvalue weighted by Crippen LogP contribution is -2.24. The minimum Gasteiger partial charge on any atom is -0.465 e. The van der Waals surface area contributed by atoms with Gasteiger partial charge in [0.05, 0.1) is 12.8 Å². The summed E-state index contributed by atoms with van der Waals surface area (Å²) in [5.41, 5.74) is 7.08. The molecule has 5 nitrogen and oxygen atoms in total. The van der Waals surface area contributed by atoms with Gasteiger partial charge in [-0.3, -0.25) is 4.98 Å².